The van der Waals surface area contributed by atoms with E-state index in [-0.39, 0.29) is 41.4 Å². The third-order valence-corrected chi connectivity index (χ3v) is 9.71. The number of amides is 1. The Morgan fingerprint density at radius 2 is 1.70 bits per heavy atom. The smallest absolute Gasteiger partial charge is 0.243 e. The maximum atomic E-state index is 13.2. The summed E-state index contributed by atoms with van der Waals surface area (Å²) in [7, 11) is -5.98. The zero-order valence-corrected chi connectivity index (χ0v) is 22.5. The van der Waals surface area contributed by atoms with Gasteiger partial charge < -0.3 is 19.7 Å². The number of hydrogen-bond acceptors (Lipinski definition) is 8. The van der Waals surface area contributed by atoms with Gasteiger partial charge in [-0.2, -0.15) is 4.31 Å². The number of piperazine rings is 1. The van der Waals surface area contributed by atoms with E-state index in [9.17, 15) is 21.6 Å². The lowest BCUT2D eigenvalue weighted by molar-refractivity contribution is -0.114. The van der Waals surface area contributed by atoms with E-state index in [0.29, 0.717) is 36.8 Å². The molecule has 2 heterocycles. The molecule has 2 aliphatic heterocycles. The van der Waals surface area contributed by atoms with Crippen LogP contribution in [0.4, 0.5) is 11.4 Å². The largest absolute Gasteiger partial charge is 0.495 e. The highest BCUT2D eigenvalue weighted by molar-refractivity contribution is 7.89. The number of carbonyl (C=O) groups is 1. The summed E-state index contributed by atoms with van der Waals surface area (Å²) < 4.78 is 67.1. The highest BCUT2D eigenvalue weighted by Gasteiger charge is 2.30. The second-order valence-electron chi connectivity index (χ2n) is 8.92. The van der Waals surface area contributed by atoms with E-state index >= 15 is 0 Å². The molecule has 0 spiro atoms. The number of rotatable bonds is 9. The SMILES string of the molecule is COc1ccc(S(=O)(=O)NC[C@H]2CCCO2)cc1N1CCN(S(=O)(=O)c2ccc(NC(C)=O)cc2)CC1. The Morgan fingerprint density at radius 3 is 2.30 bits per heavy atom. The summed E-state index contributed by atoms with van der Waals surface area (Å²) in [5, 5.41) is 2.62. The van der Waals surface area contributed by atoms with Crippen LogP contribution in [0.25, 0.3) is 0 Å². The molecule has 2 aromatic rings. The molecule has 0 radical (unpaired) electrons. The Morgan fingerprint density at radius 1 is 1.03 bits per heavy atom. The van der Waals surface area contributed by atoms with Crippen molar-refractivity contribution in [2.75, 3.05) is 56.7 Å². The Kier molecular flexibility index (Phi) is 8.39. The predicted molar refractivity (Wildman–Crippen MR) is 139 cm³/mol. The van der Waals surface area contributed by atoms with E-state index in [2.05, 4.69) is 10.0 Å². The number of nitrogens with one attached hydrogen (secondary N) is 2. The van der Waals surface area contributed by atoms with E-state index < -0.39 is 20.0 Å². The van der Waals surface area contributed by atoms with Crippen LogP contribution >= 0.6 is 0 Å². The van der Waals surface area contributed by atoms with Gasteiger partial charge in [0.2, 0.25) is 26.0 Å². The molecule has 2 saturated heterocycles. The molecule has 11 nitrogen and oxygen atoms in total. The van der Waals surface area contributed by atoms with E-state index in [1.165, 1.54) is 36.5 Å². The van der Waals surface area contributed by atoms with Crippen LogP contribution in [-0.2, 0) is 29.6 Å². The molecule has 0 aromatic heterocycles. The van der Waals surface area contributed by atoms with Crippen LogP contribution in [0.15, 0.2) is 52.3 Å². The second kappa shape index (κ2) is 11.4. The number of hydrogen-bond donors (Lipinski definition) is 2. The number of anilines is 2. The van der Waals surface area contributed by atoms with Gasteiger partial charge >= 0.3 is 0 Å². The Labute approximate surface area is 217 Å². The molecule has 0 aliphatic carbocycles. The topological polar surface area (TPSA) is 134 Å². The van der Waals surface area contributed by atoms with Crippen molar-refractivity contribution in [3.8, 4) is 5.75 Å². The first-order valence-corrected chi connectivity index (χ1v) is 14.9. The van der Waals surface area contributed by atoms with Gasteiger partial charge in [-0.15, -0.1) is 0 Å². The van der Waals surface area contributed by atoms with Gasteiger partial charge in [0.1, 0.15) is 5.75 Å². The summed E-state index contributed by atoms with van der Waals surface area (Å²) in [4.78, 5) is 13.4. The molecule has 2 aromatic carbocycles. The summed E-state index contributed by atoms with van der Waals surface area (Å²) >= 11 is 0. The molecule has 13 heteroatoms. The fourth-order valence-electron chi connectivity index (χ4n) is 4.41. The predicted octanol–water partition coefficient (Wildman–Crippen LogP) is 1.62. The van der Waals surface area contributed by atoms with Gasteiger partial charge in [-0.1, -0.05) is 0 Å². The van der Waals surface area contributed by atoms with Crippen LogP contribution in [0.1, 0.15) is 19.8 Å². The molecule has 2 fully saturated rings. The fourth-order valence-corrected chi connectivity index (χ4v) is 6.92. The van der Waals surface area contributed by atoms with Gasteiger partial charge in [-0.3, -0.25) is 4.79 Å². The first-order valence-electron chi connectivity index (χ1n) is 12.0. The summed E-state index contributed by atoms with van der Waals surface area (Å²) in [5.41, 5.74) is 1.10. The molecule has 2 aliphatic rings. The minimum absolute atomic E-state index is 0.107. The van der Waals surface area contributed by atoms with Crippen LogP contribution in [0.2, 0.25) is 0 Å². The lowest BCUT2D eigenvalue weighted by atomic mass is 10.2. The molecule has 37 heavy (non-hydrogen) atoms. The van der Waals surface area contributed by atoms with Gasteiger partial charge in [0.25, 0.3) is 0 Å². The van der Waals surface area contributed by atoms with Gasteiger partial charge in [-0.25, -0.2) is 21.6 Å². The van der Waals surface area contributed by atoms with Crippen LogP contribution < -0.4 is 19.7 Å². The Bertz CT molecular complexity index is 1320. The molecule has 1 atom stereocenters. The highest BCUT2D eigenvalue weighted by Crippen LogP contribution is 2.32. The maximum absolute atomic E-state index is 13.2. The van der Waals surface area contributed by atoms with Gasteiger partial charge in [0, 0.05) is 51.9 Å². The van der Waals surface area contributed by atoms with Crippen LogP contribution in [0, 0.1) is 0 Å². The molecule has 2 N–H and O–H groups in total. The van der Waals surface area contributed by atoms with Crippen molar-refractivity contribution in [1.82, 2.24) is 9.03 Å². The maximum Gasteiger partial charge on any atom is 0.243 e. The molecule has 202 valence electrons. The van der Waals surface area contributed by atoms with E-state index in [0.717, 1.165) is 12.8 Å². The van der Waals surface area contributed by atoms with E-state index in [1.807, 2.05) is 4.90 Å². The zero-order chi connectivity index (χ0) is 26.6. The molecular formula is C24H32N4O7S2. The van der Waals surface area contributed by atoms with Gasteiger partial charge in [-0.05, 0) is 55.3 Å². The van der Waals surface area contributed by atoms with Crippen molar-refractivity contribution in [2.24, 2.45) is 0 Å². The Balaban J connectivity index is 1.45. The number of benzene rings is 2. The first kappa shape index (κ1) is 27.3. The van der Waals surface area contributed by atoms with E-state index in [4.69, 9.17) is 9.47 Å². The summed E-state index contributed by atoms with van der Waals surface area (Å²) in [5.74, 6) is 0.264. The number of carbonyl (C=O) groups excluding carboxylic acids is 1. The monoisotopic (exact) mass is 552 g/mol. The quantitative estimate of drug-likeness (QED) is 0.479. The fraction of sp³-hybridized carbons (Fsp3) is 0.458. The summed E-state index contributed by atoms with van der Waals surface area (Å²) in [6, 6.07) is 10.7. The van der Waals surface area contributed by atoms with Crippen molar-refractivity contribution in [3.05, 3.63) is 42.5 Å². The standard InChI is InChI=1S/C24H32N4O7S2/c1-18(29)26-19-5-7-21(8-6-19)37(32,33)28-13-11-27(12-14-28)23-16-22(9-10-24(23)34-2)36(30,31)25-17-20-4-3-15-35-20/h5-10,16,20,25H,3-4,11-15,17H2,1-2H3,(H,26,29)/t20-/m1/s1. The number of sulfonamides is 2. The van der Waals surface area contributed by atoms with E-state index in [1.54, 1.807) is 24.3 Å². The number of methoxy groups -OCH3 is 1. The Hall–Kier alpha value is -2.71. The molecule has 0 bridgehead atoms. The average Bonchev–Trinajstić information content (AvgIpc) is 3.41. The number of nitrogens with zero attached hydrogens (tertiary/aromatic N) is 2. The molecule has 1 amide bonds. The van der Waals surface area contributed by atoms with Crippen LogP contribution in [-0.4, -0.2) is 79.6 Å². The second-order valence-corrected chi connectivity index (χ2v) is 12.6. The molecule has 0 unspecified atom stereocenters. The van der Waals surface area contributed by atoms with Crippen LogP contribution in [0.5, 0.6) is 5.75 Å². The average molecular weight is 553 g/mol. The van der Waals surface area contributed by atoms with Crippen molar-refractivity contribution in [3.63, 3.8) is 0 Å². The summed E-state index contributed by atoms with van der Waals surface area (Å²) in [6.45, 7) is 3.38. The van der Waals surface area contributed by atoms with Gasteiger partial charge in [0.05, 0.1) is 28.7 Å². The molecule has 0 saturated carbocycles. The van der Waals surface area contributed by atoms with Crippen molar-refractivity contribution < 1.29 is 31.1 Å². The zero-order valence-electron chi connectivity index (χ0n) is 20.8. The number of ether oxygens (including phenoxy) is 2. The highest BCUT2D eigenvalue weighted by atomic mass is 32.2. The third kappa shape index (κ3) is 6.41. The van der Waals surface area contributed by atoms with Crippen molar-refractivity contribution in [2.45, 2.75) is 35.7 Å². The molecule has 4 rings (SSSR count). The minimum atomic E-state index is -3.76. The van der Waals surface area contributed by atoms with Crippen molar-refractivity contribution >= 4 is 37.3 Å². The third-order valence-electron chi connectivity index (χ3n) is 6.38. The summed E-state index contributed by atoms with van der Waals surface area (Å²) in [6.07, 6.45) is 1.62. The first-order chi connectivity index (χ1) is 17.6. The van der Waals surface area contributed by atoms with Crippen LogP contribution in [0.3, 0.4) is 0 Å². The minimum Gasteiger partial charge on any atom is -0.495 e. The lowest BCUT2D eigenvalue weighted by Gasteiger charge is -2.36. The van der Waals surface area contributed by atoms with Gasteiger partial charge in [0.15, 0.2) is 0 Å². The van der Waals surface area contributed by atoms with Crippen molar-refractivity contribution in [1.29, 1.82) is 0 Å². The molecular weight excluding hydrogens is 520 g/mol. The normalized spacial score (nSPS) is 19.1. The lowest BCUT2D eigenvalue weighted by Crippen LogP contribution is -2.48.